The summed E-state index contributed by atoms with van der Waals surface area (Å²) in [6.45, 7) is 5.31. The Kier molecular flexibility index (Phi) is 4.63. The van der Waals surface area contributed by atoms with Gasteiger partial charge in [-0.25, -0.2) is 4.79 Å². The summed E-state index contributed by atoms with van der Waals surface area (Å²) >= 11 is 0. The van der Waals surface area contributed by atoms with Crippen LogP contribution in [0.3, 0.4) is 0 Å². The molecule has 0 aliphatic carbocycles. The van der Waals surface area contributed by atoms with E-state index in [-0.39, 0.29) is 18.6 Å². The van der Waals surface area contributed by atoms with E-state index < -0.39 is 5.97 Å². The highest BCUT2D eigenvalue weighted by Gasteiger charge is 2.31. The molecule has 108 valence electrons. The average molecular weight is 270 g/mol. The number of hydrogen-bond donors (Lipinski definition) is 1. The van der Waals surface area contributed by atoms with Gasteiger partial charge in [-0.15, -0.1) is 0 Å². The van der Waals surface area contributed by atoms with Gasteiger partial charge in [-0.2, -0.15) is 0 Å². The van der Waals surface area contributed by atoms with Crippen LogP contribution in [0.4, 0.5) is 4.79 Å². The number of carboxylic acid groups (broad SMARTS) is 1. The van der Waals surface area contributed by atoms with Crippen LogP contribution >= 0.6 is 0 Å². The Bertz CT molecular complexity index is 348. The van der Waals surface area contributed by atoms with Crippen LogP contribution in [0.15, 0.2) is 0 Å². The van der Waals surface area contributed by atoms with Crippen molar-refractivity contribution in [1.29, 1.82) is 0 Å². The number of morpholine rings is 1. The third-order valence-corrected chi connectivity index (χ3v) is 3.83. The van der Waals surface area contributed by atoms with Crippen molar-refractivity contribution in [1.82, 2.24) is 9.80 Å². The molecule has 2 aliphatic rings. The van der Waals surface area contributed by atoms with Crippen LogP contribution in [-0.4, -0.2) is 65.8 Å². The second-order valence-corrected chi connectivity index (χ2v) is 5.44. The van der Waals surface area contributed by atoms with E-state index in [1.165, 1.54) is 0 Å². The topological polar surface area (TPSA) is 70.1 Å². The molecule has 0 bridgehead atoms. The van der Waals surface area contributed by atoms with Crippen LogP contribution in [0.25, 0.3) is 0 Å². The predicted octanol–water partition coefficient (Wildman–Crippen LogP) is 1.01. The average Bonchev–Trinajstić information content (AvgIpc) is 2.84. The van der Waals surface area contributed by atoms with Gasteiger partial charge in [0.25, 0.3) is 0 Å². The highest BCUT2D eigenvalue weighted by molar-refractivity contribution is 5.75. The molecule has 0 spiro atoms. The highest BCUT2D eigenvalue weighted by Crippen LogP contribution is 2.22. The SMILES string of the molecule is CC1CN(C(=O)N2CCC(CCC(=O)O)C2)CCO1. The first kappa shape index (κ1) is 14.1. The Morgan fingerprint density at radius 2 is 2.00 bits per heavy atom. The molecule has 0 aromatic heterocycles. The number of aliphatic carboxylic acids is 1. The second-order valence-electron chi connectivity index (χ2n) is 5.44. The Hall–Kier alpha value is -1.30. The summed E-state index contributed by atoms with van der Waals surface area (Å²) in [5.41, 5.74) is 0. The molecule has 2 aliphatic heterocycles. The minimum atomic E-state index is -0.758. The van der Waals surface area contributed by atoms with Gasteiger partial charge in [-0.1, -0.05) is 0 Å². The van der Waals surface area contributed by atoms with Crippen molar-refractivity contribution in [2.75, 3.05) is 32.8 Å². The van der Waals surface area contributed by atoms with Crippen molar-refractivity contribution in [3.05, 3.63) is 0 Å². The van der Waals surface area contributed by atoms with Crippen LogP contribution in [0.1, 0.15) is 26.2 Å². The quantitative estimate of drug-likeness (QED) is 0.831. The number of carbonyl (C=O) groups is 2. The van der Waals surface area contributed by atoms with E-state index in [0.717, 1.165) is 13.0 Å². The van der Waals surface area contributed by atoms with Gasteiger partial charge in [0.05, 0.1) is 12.7 Å². The number of hydrogen-bond acceptors (Lipinski definition) is 3. The molecule has 2 heterocycles. The summed E-state index contributed by atoms with van der Waals surface area (Å²) in [4.78, 5) is 26.6. The van der Waals surface area contributed by atoms with Gasteiger partial charge >= 0.3 is 12.0 Å². The molecule has 1 N–H and O–H groups in total. The molecule has 2 fully saturated rings. The van der Waals surface area contributed by atoms with Gasteiger partial charge in [0.1, 0.15) is 0 Å². The van der Waals surface area contributed by atoms with Crippen molar-refractivity contribution < 1.29 is 19.4 Å². The minimum Gasteiger partial charge on any atom is -0.481 e. The zero-order chi connectivity index (χ0) is 13.8. The van der Waals surface area contributed by atoms with Crippen LogP contribution in [0.5, 0.6) is 0 Å². The molecule has 0 aromatic carbocycles. The lowest BCUT2D eigenvalue weighted by molar-refractivity contribution is -0.137. The number of amides is 2. The maximum absolute atomic E-state index is 12.3. The van der Waals surface area contributed by atoms with Crippen molar-refractivity contribution in [3.63, 3.8) is 0 Å². The van der Waals surface area contributed by atoms with E-state index in [1.807, 2.05) is 16.7 Å². The zero-order valence-electron chi connectivity index (χ0n) is 11.4. The Morgan fingerprint density at radius 1 is 1.26 bits per heavy atom. The number of urea groups is 1. The lowest BCUT2D eigenvalue weighted by Crippen LogP contribution is -2.49. The largest absolute Gasteiger partial charge is 0.481 e. The minimum absolute atomic E-state index is 0.0768. The van der Waals surface area contributed by atoms with E-state index >= 15 is 0 Å². The van der Waals surface area contributed by atoms with E-state index in [4.69, 9.17) is 9.84 Å². The van der Waals surface area contributed by atoms with Gasteiger partial charge in [-0.05, 0) is 25.7 Å². The van der Waals surface area contributed by atoms with Crippen LogP contribution in [-0.2, 0) is 9.53 Å². The molecule has 19 heavy (non-hydrogen) atoms. The normalized spacial score (nSPS) is 27.6. The predicted molar refractivity (Wildman–Crippen MR) is 68.9 cm³/mol. The second kappa shape index (κ2) is 6.23. The fraction of sp³-hybridized carbons (Fsp3) is 0.846. The molecule has 2 amide bonds. The van der Waals surface area contributed by atoms with Gasteiger partial charge in [0, 0.05) is 32.6 Å². The first-order valence-electron chi connectivity index (χ1n) is 6.93. The van der Waals surface area contributed by atoms with Crippen molar-refractivity contribution >= 4 is 12.0 Å². The molecule has 2 atom stereocenters. The number of carbonyl (C=O) groups excluding carboxylic acids is 1. The smallest absolute Gasteiger partial charge is 0.320 e. The molecule has 0 saturated carbocycles. The molecule has 0 radical (unpaired) electrons. The molecular weight excluding hydrogens is 248 g/mol. The molecule has 6 heteroatoms. The molecule has 0 aromatic rings. The van der Waals surface area contributed by atoms with Gasteiger partial charge in [-0.3, -0.25) is 4.79 Å². The lowest BCUT2D eigenvalue weighted by atomic mass is 10.0. The molecule has 6 nitrogen and oxygen atoms in total. The van der Waals surface area contributed by atoms with Crippen molar-refractivity contribution in [2.24, 2.45) is 5.92 Å². The van der Waals surface area contributed by atoms with Crippen LogP contribution in [0.2, 0.25) is 0 Å². The summed E-state index contributed by atoms with van der Waals surface area (Å²) in [5.74, 6) is -0.426. The third kappa shape index (κ3) is 3.83. The van der Waals surface area contributed by atoms with E-state index in [1.54, 1.807) is 0 Å². The van der Waals surface area contributed by atoms with Gasteiger partial charge in [0.15, 0.2) is 0 Å². The van der Waals surface area contributed by atoms with Crippen LogP contribution < -0.4 is 0 Å². The van der Waals surface area contributed by atoms with E-state index in [2.05, 4.69) is 0 Å². The van der Waals surface area contributed by atoms with E-state index in [9.17, 15) is 9.59 Å². The summed E-state index contributed by atoms with van der Waals surface area (Å²) in [6, 6.07) is 0.0768. The summed E-state index contributed by atoms with van der Waals surface area (Å²) in [7, 11) is 0. The standard InChI is InChI=1S/C13H22N2O4/c1-10-8-15(6-7-19-10)13(18)14-5-4-11(9-14)2-3-12(16)17/h10-11H,2-9H2,1H3,(H,16,17). The highest BCUT2D eigenvalue weighted by atomic mass is 16.5. The maximum Gasteiger partial charge on any atom is 0.320 e. The van der Waals surface area contributed by atoms with Crippen LogP contribution in [0, 0.1) is 5.92 Å². The van der Waals surface area contributed by atoms with Crippen molar-refractivity contribution in [3.8, 4) is 0 Å². The summed E-state index contributed by atoms with van der Waals surface area (Å²) in [5, 5.41) is 8.68. The van der Waals surface area contributed by atoms with Gasteiger partial charge < -0.3 is 19.6 Å². The molecule has 2 rings (SSSR count). The Morgan fingerprint density at radius 3 is 2.68 bits per heavy atom. The number of rotatable bonds is 3. The summed E-state index contributed by atoms with van der Waals surface area (Å²) < 4.78 is 5.43. The lowest BCUT2D eigenvalue weighted by Gasteiger charge is -2.34. The number of likely N-dealkylation sites (tertiary alicyclic amines) is 1. The molecular formula is C13H22N2O4. The number of carboxylic acids is 1. The first-order valence-corrected chi connectivity index (χ1v) is 6.93. The monoisotopic (exact) mass is 270 g/mol. The zero-order valence-corrected chi connectivity index (χ0v) is 11.4. The number of ether oxygens (including phenoxy) is 1. The molecule has 2 saturated heterocycles. The van der Waals surface area contributed by atoms with Gasteiger partial charge in [0.2, 0.25) is 0 Å². The van der Waals surface area contributed by atoms with E-state index in [0.29, 0.717) is 38.6 Å². The third-order valence-electron chi connectivity index (χ3n) is 3.83. The molecule has 2 unspecified atom stereocenters. The Labute approximate surface area is 113 Å². The first-order chi connectivity index (χ1) is 9.06. The summed E-state index contributed by atoms with van der Waals surface area (Å²) in [6.07, 6.45) is 1.88. The fourth-order valence-corrected chi connectivity index (χ4v) is 2.76. The number of nitrogens with zero attached hydrogens (tertiary/aromatic N) is 2. The fourth-order valence-electron chi connectivity index (χ4n) is 2.76. The maximum atomic E-state index is 12.3. The van der Waals surface area contributed by atoms with Crippen molar-refractivity contribution in [2.45, 2.75) is 32.3 Å². The Balaban J connectivity index is 1.79.